The molecule has 0 aliphatic heterocycles. The second kappa shape index (κ2) is 6.98. The van der Waals surface area contributed by atoms with Gasteiger partial charge in [0.05, 0.1) is 14.2 Å². The maximum atomic E-state index is 11.1. The fourth-order valence-corrected chi connectivity index (χ4v) is 1.65. The molecule has 0 fully saturated rings. The fourth-order valence-electron chi connectivity index (χ4n) is 1.65. The van der Waals surface area contributed by atoms with Gasteiger partial charge in [-0.1, -0.05) is 6.92 Å². The second-order valence-corrected chi connectivity index (χ2v) is 4.68. The molecule has 1 unspecified atom stereocenters. The highest BCUT2D eigenvalue weighted by Gasteiger charge is 2.23. The Morgan fingerprint density at radius 2 is 1.71 bits per heavy atom. The van der Waals surface area contributed by atoms with Crippen LogP contribution in [0.15, 0.2) is 0 Å². The number of rotatable bonds is 5. The largest absolute Gasteiger partial charge is 0.453 e. The van der Waals surface area contributed by atoms with Crippen molar-refractivity contribution < 1.29 is 19.1 Å². The Morgan fingerprint density at radius 3 is 2.18 bits per heavy atom. The van der Waals surface area contributed by atoms with E-state index in [1.807, 2.05) is 20.8 Å². The molecule has 0 saturated carbocycles. The zero-order valence-electron chi connectivity index (χ0n) is 11.1. The Kier molecular flexibility index (Phi) is 6.38. The minimum Gasteiger partial charge on any atom is -0.453 e. The zero-order valence-corrected chi connectivity index (χ0v) is 11.1. The lowest BCUT2D eigenvalue weighted by Gasteiger charge is -2.28. The summed E-state index contributed by atoms with van der Waals surface area (Å²) in [7, 11) is 2.65. The van der Waals surface area contributed by atoms with E-state index in [1.54, 1.807) is 0 Å². The average molecular weight is 246 g/mol. The highest BCUT2D eigenvalue weighted by atomic mass is 16.5. The van der Waals surface area contributed by atoms with Gasteiger partial charge in [0, 0.05) is 12.1 Å². The second-order valence-electron chi connectivity index (χ2n) is 4.68. The van der Waals surface area contributed by atoms with Gasteiger partial charge < -0.3 is 20.1 Å². The van der Waals surface area contributed by atoms with Gasteiger partial charge in [-0.15, -0.1) is 0 Å². The monoisotopic (exact) mass is 246 g/mol. The van der Waals surface area contributed by atoms with E-state index in [2.05, 4.69) is 20.1 Å². The van der Waals surface area contributed by atoms with Crippen LogP contribution >= 0.6 is 0 Å². The predicted octanol–water partition coefficient (Wildman–Crippen LogP) is 1.50. The molecule has 2 N–H and O–H groups in total. The third-order valence-electron chi connectivity index (χ3n) is 2.26. The smallest absolute Gasteiger partial charge is 0.407 e. The van der Waals surface area contributed by atoms with Gasteiger partial charge in [-0.3, -0.25) is 0 Å². The quantitative estimate of drug-likeness (QED) is 0.770. The van der Waals surface area contributed by atoms with Crippen LogP contribution in [-0.2, 0) is 9.47 Å². The van der Waals surface area contributed by atoms with Gasteiger partial charge in [0.25, 0.3) is 0 Å². The molecule has 2 amide bonds. The summed E-state index contributed by atoms with van der Waals surface area (Å²) in [5.41, 5.74) is -0.385. The van der Waals surface area contributed by atoms with Crippen LogP contribution < -0.4 is 10.6 Å². The number of amides is 2. The van der Waals surface area contributed by atoms with E-state index in [-0.39, 0.29) is 11.5 Å². The lowest BCUT2D eigenvalue weighted by Crippen LogP contribution is -2.45. The number of hydrogen-bond donors (Lipinski definition) is 2. The fraction of sp³-hybridized carbons (Fsp3) is 0.818. The molecule has 0 heterocycles. The number of ether oxygens (including phenoxy) is 2. The SMILES string of the molecule is COC(=O)NCC(C)CC(C)(C)NC(=O)OC. The van der Waals surface area contributed by atoms with Gasteiger partial charge in [0.1, 0.15) is 0 Å². The van der Waals surface area contributed by atoms with E-state index >= 15 is 0 Å². The lowest BCUT2D eigenvalue weighted by molar-refractivity contribution is 0.153. The summed E-state index contributed by atoms with van der Waals surface area (Å²) in [6.07, 6.45) is -0.190. The van der Waals surface area contributed by atoms with E-state index in [9.17, 15) is 9.59 Å². The summed E-state index contributed by atoms with van der Waals surface area (Å²) in [6, 6.07) is 0. The maximum absolute atomic E-state index is 11.1. The molecule has 0 aliphatic rings. The number of methoxy groups -OCH3 is 2. The Labute approximate surface area is 102 Å². The van der Waals surface area contributed by atoms with Crippen molar-refractivity contribution in [3.05, 3.63) is 0 Å². The molecule has 0 aromatic rings. The van der Waals surface area contributed by atoms with Gasteiger partial charge in [-0.05, 0) is 26.2 Å². The molecular weight excluding hydrogens is 224 g/mol. The zero-order chi connectivity index (χ0) is 13.5. The van der Waals surface area contributed by atoms with Gasteiger partial charge in [0.15, 0.2) is 0 Å². The normalized spacial score (nSPS) is 12.5. The summed E-state index contributed by atoms with van der Waals surface area (Å²) in [5.74, 6) is 0.209. The Bertz CT molecular complexity index is 266. The number of nitrogens with one attached hydrogen (secondary N) is 2. The van der Waals surface area contributed by atoms with Crippen LogP contribution in [-0.4, -0.2) is 38.5 Å². The number of carbonyl (C=O) groups is 2. The summed E-state index contributed by atoms with van der Waals surface area (Å²) < 4.78 is 9.02. The molecule has 17 heavy (non-hydrogen) atoms. The molecule has 0 aliphatic carbocycles. The van der Waals surface area contributed by atoms with E-state index in [0.29, 0.717) is 13.0 Å². The van der Waals surface area contributed by atoms with Crippen molar-refractivity contribution in [1.82, 2.24) is 10.6 Å². The van der Waals surface area contributed by atoms with Gasteiger partial charge >= 0.3 is 12.2 Å². The summed E-state index contributed by atoms with van der Waals surface area (Å²) in [6.45, 7) is 6.28. The van der Waals surface area contributed by atoms with Gasteiger partial charge in [0.2, 0.25) is 0 Å². The van der Waals surface area contributed by atoms with Crippen LogP contribution in [0.1, 0.15) is 27.2 Å². The van der Waals surface area contributed by atoms with Gasteiger partial charge in [-0.2, -0.15) is 0 Å². The van der Waals surface area contributed by atoms with Gasteiger partial charge in [-0.25, -0.2) is 9.59 Å². The number of carbonyl (C=O) groups excluding carboxylic acids is 2. The number of hydrogen-bond acceptors (Lipinski definition) is 4. The molecule has 0 aromatic carbocycles. The minimum atomic E-state index is -0.455. The van der Waals surface area contributed by atoms with Crippen LogP contribution in [0.5, 0.6) is 0 Å². The first-order chi connectivity index (χ1) is 7.80. The molecule has 0 bridgehead atoms. The third-order valence-corrected chi connectivity index (χ3v) is 2.26. The van der Waals surface area contributed by atoms with Crippen LogP contribution in [0.4, 0.5) is 9.59 Å². The Hall–Kier alpha value is -1.46. The molecule has 0 aromatic heterocycles. The van der Waals surface area contributed by atoms with Crippen molar-refractivity contribution in [1.29, 1.82) is 0 Å². The van der Waals surface area contributed by atoms with Crippen molar-refractivity contribution in [2.75, 3.05) is 20.8 Å². The minimum absolute atomic E-state index is 0.209. The van der Waals surface area contributed by atoms with Crippen LogP contribution in [0, 0.1) is 5.92 Å². The van der Waals surface area contributed by atoms with Crippen LogP contribution in [0.3, 0.4) is 0 Å². The van der Waals surface area contributed by atoms with Crippen molar-refractivity contribution in [2.24, 2.45) is 5.92 Å². The predicted molar refractivity (Wildman–Crippen MR) is 63.8 cm³/mol. The van der Waals surface area contributed by atoms with Crippen LogP contribution in [0.2, 0.25) is 0 Å². The highest BCUT2D eigenvalue weighted by Crippen LogP contribution is 2.15. The Morgan fingerprint density at radius 1 is 1.18 bits per heavy atom. The Balaban J connectivity index is 4.04. The first kappa shape index (κ1) is 15.5. The van der Waals surface area contributed by atoms with E-state index in [1.165, 1.54) is 14.2 Å². The van der Waals surface area contributed by atoms with Crippen LogP contribution in [0.25, 0.3) is 0 Å². The van der Waals surface area contributed by atoms with E-state index < -0.39 is 12.2 Å². The molecule has 100 valence electrons. The van der Waals surface area contributed by atoms with E-state index in [0.717, 1.165) is 0 Å². The molecular formula is C11H22N2O4. The summed E-state index contributed by atoms with van der Waals surface area (Å²) in [5, 5.41) is 5.35. The first-order valence-corrected chi connectivity index (χ1v) is 5.48. The molecule has 6 nitrogen and oxygen atoms in total. The first-order valence-electron chi connectivity index (χ1n) is 5.48. The molecule has 0 radical (unpaired) electrons. The van der Waals surface area contributed by atoms with E-state index in [4.69, 9.17) is 0 Å². The molecule has 6 heteroatoms. The van der Waals surface area contributed by atoms with Crippen molar-refractivity contribution in [2.45, 2.75) is 32.7 Å². The summed E-state index contributed by atoms with van der Waals surface area (Å²) >= 11 is 0. The molecule has 0 rings (SSSR count). The van der Waals surface area contributed by atoms with Crippen molar-refractivity contribution >= 4 is 12.2 Å². The lowest BCUT2D eigenvalue weighted by atomic mass is 9.92. The number of alkyl carbamates (subject to hydrolysis) is 2. The summed E-state index contributed by atoms with van der Waals surface area (Å²) in [4.78, 5) is 22.0. The standard InChI is InChI=1S/C11H22N2O4/c1-8(7-12-9(14)16-4)6-11(2,3)13-10(15)17-5/h8H,6-7H2,1-5H3,(H,12,14)(H,13,15). The van der Waals surface area contributed by atoms with Crippen molar-refractivity contribution in [3.8, 4) is 0 Å². The third kappa shape index (κ3) is 7.43. The topological polar surface area (TPSA) is 76.7 Å². The average Bonchev–Trinajstić information content (AvgIpc) is 2.24. The maximum Gasteiger partial charge on any atom is 0.407 e. The molecule has 1 atom stereocenters. The van der Waals surface area contributed by atoms with Crippen molar-refractivity contribution in [3.63, 3.8) is 0 Å². The molecule has 0 spiro atoms. The highest BCUT2D eigenvalue weighted by molar-refractivity contribution is 5.68. The molecule has 0 saturated heterocycles.